The van der Waals surface area contributed by atoms with E-state index >= 15 is 0 Å². The lowest BCUT2D eigenvalue weighted by Gasteiger charge is -2.62. The number of fused-ring (bicyclic) bond motifs is 1. The van der Waals surface area contributed by atoms with Crippen LogP contribution >= 0.6 is 0 Å². The quantitative estimate of drug-likeness (QED) is 0.903. The van der Waals surface area contributed by atoms with E-state index in [-0.39, 0.29) is 23.3 Å². The summed E-state index contributed by atoms with van der Waals surface area (Å²) in [5.41, 5.74) is 6.98. The lowest BCUT2D eigenvalue weighted by molar-refractivity contribution is -0.185. The largest absolute Gasteiger partial charge is 0.377 e. The highest BCUT2D eigenvalue weighted by atomic mass is 16.5. The molecule has 2 aliphatic heterocycles. The van der Waals surface area contributed by atoms with E-state index < -0.39 is 5.54 Å². The molecular formula is C20H29N3O2. The Kier molecular flexibility index (Phi) is 4.13. The Hall–Kier alpha value is -1.43. The monoisotopic (exact) mass is 343 g/mol. The summed E-state index contributed by atoms with van der Waals surface area (Å²) in [6.45, 7) is 9.18. The van der Waals surface area contributed by atoms with Crippen molar-refractivity contribution in [3.63, 3.8) is 0 Å². The first-order chi connectivity index (χ1) is 11.9. The van der Waals surface area contributed by atoms with E-state index in [1.54, 1.807) is 0 Å². The molecule has 3 aliphatic rings. The summed E-state index contributed by atoms with van der Waals surface area (Å²) in [6.07, 6.45) is 1.05. The Bertz CT molecular complexity index is 640. The maximum absolute atomic E-state index is 13.3. The van der Waals surface area contributed by atoms with Crippen LogP contribution in [-0.2, 0) is 16.1 Å². The molecule has 2 saturated heterocycles. The normalized spacial score (nSPS) is 34.4. The van der Waals surface area contributed by atoms with Crippen LogP contribution in [0.4, 0.5) is 0 Å². The summed E-state index contributed by atoms with van der Waals surface area (Å²) in [4.78, 5) is 17.6. The number of piperazine rings is 1. The van der Waals surface area contributed by atoms with Gasteiger partial charge in [-0.25, -0.2) is 0 Å². The highest BCUT2D eigenvalue weighted by Gasteiger charge is 2.71. The van der Waals surface area contributed by atoms with Crippen molar-refractivity contribution in [2.75, 3.05) is 32.8 Å². The first-order valence-electron chi connectivity index (χ1n) is 9.41. The van der Waals surface area contributed by atoms with E-state index in [0.29, 0.717) is 0 Å². The third-order valence-electron chi connectivity index (χ3n) is 6.72. The minimum atomic E-state index is -0.768. The lowest BCUT2D eigenvalue weighted by Crippen LogP contribution is -2.80. The Morgan fingerprint density at radius 3 is 2.56 bits per heavy atom. The zero-order chi connectivity index (χ0) is 17.7. The summed E-state index contributed by atoms with van der Waals surface area (Å²) in [5, 5.41) is 0. The van der Waals surface area contributed by atoms with Crippen molar-refractivity contribution in [1.82, 2.24) is 9.80 Å². The van der Waals surface area contributed by atoms with Gasteiger partial charge in [-0.3, -0.25) is 9.69 Å². The zero-order valence-corrected chi connectivity index (χ0v) is 15.3. The van der Waals surface area contributed by atoms with Gasteiger partial charge in [0.05, 0.1) is 6.10 Å². The van der Waals surface area contributed by atoms with Crippen molar-refractivity contribution < 1.29 is 9.53 Å². The molecule has 136 valence electrons. The van der Waals surface area contributed by atoms with E-state index in [2.05, 4.69) is 43.0 Å². The second-order valence-electron chi connectivity index (χ2n) is 8.33. The van der Waals surface area contributed by atoms with Crippen molar-refractivity contribution >= 4 is 5.91 Å². The number of hydrogen-bond donors (Lipinski definition) is 1. The van der Waals surface area contributed by atoms with Crippen LogP contribution in [0.25, 0.3) is 0 Å². The molecule has 1 saturated carbocycles. The highest BCUT2D eigenvalue weighted by Crippen LogP contribution is 2.58. The Morgan fingerprint density at radius 1 is 1.20 bits per heavy atom. The molecule has 2 heterocycles. The topological polar surface area (TPSA) is 58.8 Å². The average Bonchev–Trinajstić information content (AvgIpc) is 3.11. The highest BCUT2D eigenvalue weighted by molar-refractivity contribution is 5.89. The van der Waals surface area contributed by atoms with Crippen LogP contribution in [-0.4, -0.2) is 60.1 Å². The smallest absolute Gasteiger partial charge is 0.243 e. The van der Waals surface area contributed by atoms with Crippen LogP contribution in [0.1, 0.15) is 25.8 Å². The summed E-state index contributed by atoms with van der Waals surface area (Å²) >= 11 is 0. The molecule has 5 heteroatoms. The standard InChI is InChI=1S/C20H29N3O2/c1-19(2)17-16(8-13-25-17)20(19,21)18(24)23-11-9-22(10-12-23)14-15-6-4-3-5-7-15/h3-7,16-17H,8-14,21H2,1-2H3. The molecule has 0 aromatic heterocycles. The molecule has 0 spiro atoms. The van der Waals surface area contributed by atoms with Gasteiger partial charge < -0.3 is 15.4 Å². The molecule has 3 unspecified atom stereocenters. The maximum Gasteiger partial charge on any atom is 0.243 e. The summed E-state index contributed by atoms with van der Waals surface area (Å²) in [6, 6.07) is 10.5. The van der Waals surface area contributed by atoms with Gasteiger partial charge in [0.1, 0.15) is 5.54 Å². The predicted octanol–water partition coefficient (Wildman–Crippen LogP) is 1.47. The van der Waals surface area contributed by atoms with E-state index in [1.807, 2.05) is 11.0 Å². The number of carbonyl (C=O) groups excluding carboxylic acids is 1. The number of rotatable bonds is 3. The molecule has 3 atom stereocenters. The number of nitrogens with two attached hydrogens (primary N) is 1. The average molecular weight is 343 g/mol. The van der Waals surface area contributed by atoms with E-state index in [9.17, 15) is 4.79 Å². The molecule has 2 N–H and O–H groups in total. The predicted molar refractivity (Wildman–Crippen MR) is 96.8 cm³/mol. The van der Waals surface area contributed by atoms with E-state index in [0.717, 1.165) is 45.8 Å². The SMILES string of the molecule is CC1(C)C2OCCC2C1(N)C(=O)N1CCN(Cc2ccccc2)CC1. The van der Waals surface area contributed by atoms with Gasteiger partial charge in [-0.05, 0) is 12.0 Å². The van der Waals surface area contributed by atoms with Crippen LogP contribution in [0, 0.1) is 11.3 Å². The van der Waals surface area contributed by atoms with Crippen molar-refractivity contribution in [3.05, 3.63) is 35.9 Å². The number of hydrogen-bond acceptors (Lipinski definition) is 4. The van der Waals surface area contributed by atoms with Crippen molar-refractivity contribution in [3.8, 4) is 0 Å². The zero-order valence-electron chi connectivity index (χ0n) is 15.3. The number of carbonyl (C=O) groups is 1. The van der Waals surface area contributed by atoms with Gasteiger partial charge >= 0.3 is 0 Å². The molecule has 1 aliphatic carbocycles. The van der Waals surface area contributed by atoms with Crippen LogP contribution in [0.3, 0.4) is 0 Å². The lowest BCUT2D eigenvalue weighted by atomic mass is 9.47. The van der Waals surface area contributed by atoms with E-state index in [4.69, 9.17) is 10.5 Å². The molecule has 3 fully saturated rings. The third-order valence-corrected chi connectivity index (χ3v) is 6.72. The maximum atomic E-state index is 13.3. The molecule has 0 bridgehead atoms. The first kappa shape index (κ1) is 17.0. The molecule has 25 heavy (non-hydrogen) atoms. The first-order valence-corrected chi connectivity index (χ1v) is 9.41. The summed E-state index contributed by atoms with van der Waals surface area (Å²) in [5.74, 6) is 0.306. The Morgan fingerprint density at radius 2 is 1.88 bits per heavy atom. The van der Waals surface area contributed by atoms with Crippen molar-refractivity contribution in [2.24, 2.45) is 17.1 Å². The number of ether oxygens (including phenoxy) is 1. The fourth-order valence-corrected chi connectivity index (χ4v) is 5.03. The van der Waals surface area contributed by atoms with Gasteiger partial charge in [-0.1, -0.05) is 44.2 Å². The van der Waals surface area contributed by atoms with Crippen LogP contribution in [0.2, 0.25) is 0 Å². The second kappa shape index (κ2) is 6.08. The molecule has 1 aromatic carbocycles. The molecule has 5 nitrogen and oxygen atoms in total. The van der Waals surface area contributed by atoms with Crippen LogP contribution in [0.5, 0.6) is 0 Å². The van der Waals surface area contributed by atoms with Crippen molar-refractivity contribution in [2.45, 2.75) is 38.5 Å². The van der Waals surface area contributed by atoms with Crippen LogP contribution < -0.4 is 5.73 Å². The van der Waals surface area contributed by atoms with Gasteiger partial charge in [0, 0.05) is 50.7 Å². The van der Waals surface area contributed by atoms with E-state index in [1.165, 1.54) is 5.56 Å². The summed E-state index contributed by atoms with van der Waals surface area (Å²) in [7, 11) is 0. The molecule has 1 aromatic rings. The minimum Gasteiger partial charge on any atom is -0.377 e. The van der Waals surface area contributed by atoms with Gasteiger partial charge in [-0.2, -0.15) is 0 Å². The second-order valence-corrected chi connectivity index (χ2v) is 8.33. The van der Waals surface area contributed by atoms with Gasteiger partial charge in [-0.15, -0.1) is 0 Å². The van der Waals surface area contributed by atoms with Gasteiger partial charge in [0.15, 0.2) is 0 Å². The van der Waals surface area contributed by atoms with Gasteiger partial charge in [0.2, 0.25) is 5.91 Å². The molecule has 4 rings (SSSR count). The van der Waals surface area contributed by atoms with Crippen LogP contribution in [0.15, 0.2) is 30.3 Å². The van der Waals surface area contributed by atoms with Crippen molar-refractivity contribution in [1.29, 1.82) is 0 Å². The Labute approximate surface area is 150 Å². The fourth-order valence-electron chi connectivity index (χ4n) is 5.03. The number of nitrogens with zero attached hydrogens (tertiary/aromatic N) is 2. The fraction of sp³-hybridized carbons (Fsp3) is 0.650. The third kappa shape index (κ3) is 2.52. The van der Waals surface area contributed by atoms with Gasteiger partial charge in [0.25, 0.3) is 0 Å². The summed E-state index contributed by atoms with van der Waals surface area (Å²) < 4.78 is 5.82. The Balaban J connectivity index is 1.38. The minimum absolute atomic E-state index is 0.128. The molecule has 1 amide bonds. The number of benzene rings is 1. The molecule has 0 radical (unpaired) electrons. The molecular weight excluding hydrogens is 314 g/mol. The number of amides is 1.